The summed E-state index contributed by atoms with van der Waals surface area (Å²) in [6, 6.07) is 5.10. The third-order valence-electron chi connectivity index (χ3n) is 3.93. The number of hydrogen-bond donors (Lipinski definition) is 1. The van der Waals surface area contributed by atoms with Gasteiger partial charge in [-0.15, -0.1) is 0 Å². The smallest absolute Gasteiger partial charge is 0.229 e. The fourth-order valence-corrected chi connectivity index (χ4v) is 3.01. The second-order valence-corrected chi connectivity index (χ2v) is 5.97. The molecule has 1 heterocycles. The molecule has 1 fully saturated rings. The summed E-state index contributed by atoms with van der Waals surface area (Å²) in [5.74, 6) is 0.886. The molecule has 0 amide bonds. The Hall–Kier alpha value is -1.46. The summed E-state index contributed by atoms with van der Waals surface area (Å²) in [5.41, 5.74) is 6.44. The van der Waals surface area contributed by atoms with Crippen molar-refractivity contribution in [1.29, 1.82) is 0 Å². The molecule has 2 N–H and O–H groups in total. The van der Waals surface area contributed by atoms with Crippen molar-refractivity contribution in [1.82, 2.24) is 10.1 Å². The van der Waals surface area contributed by atoms with E-state index < -0.39 is 5.82 Å². The van der Waals surface area contributed by atoms with Crippen LogP contribution in [0.5, 0.6) is 0 Å². The highest BCUT2D eigenvalue weighted by atomic mass is 35.5. The monoisotopic (exact) mass is 309 g/mol. The number of halogens is 2. The lowest BCUT2D eigenvalue weighted by molar-refractivity contribution is 0.297. The van der Waals surface area contributed by atoms with Crippen molar-refractivity contribution in [3.05, 3.63) is 46.3 Å². The Morgan fingerprint density at radius 3 is 3.05 bits per heavy atom. The standard InChI is InChI=1S/C15H17ClFN3O/c16-12-6-2-3-9(14(12)17)8-13-19-15(21-20-13)10-4-1-5-11(18)7-10/h2-3,6,10-11H,1,4-5,7-8,18H2. The molecule has 0 radical (unpaired) electrons. The van der Waals surface area contributed by atoms with Gasteiger partial charge >= 0.3 is 0 Å². The number of nitrogens with zero attached hydrogens (tertiary/aromatic N) is 2. The van der Waals surface area contributed by atoms with Crippen LogP contribution in [0, 0.1) is 5.82 Å². The van der Waals surface area contributed by atoms with Crippen molar-refractivity contribution in [3.63, 3.8) is 0 Å². The van der Waals surface area contributed by atoms with Gasteiger partial charge in [0, 0.05) is 18.4 Å². The van der Waals surface area contributed by atoms with Crippen LogP contribution in [0.2, 0.25) is 5.02 Å². The Kier molecular flexibility index (Phi) is 4.22. The Morgan fingerprint density at radius 2 is 2.24 bits per heavy atom. The van der Waals surface area contributed by atoms with Crippen molar-refractivity contribution in [2.45, 2.75) is 44.1 Å². The predicted molar refractivity (Wildman–Crippen MR) is 77.7 cm³/mol. The third kappa shape index (κ3) is 3.24. The first-order valence-electron chi connectivity index (χ1n) is 7.14. The molecule has 0 spiro atoms. The second-order valence-electron chi connectivity index (χ2n) is 5.56. The van der Waals surface area contributed by atoms with Crippen LogP contribution in [0.25, 0.3) is 0 Å². The van der Waals surface area contributed by atoms with E-state index in [1.165, 1.54) is 6.07 Å². The number of benzene rings is 1. The van der Waals surface area contributed by atoms with E-state index in [-0.39, 0.29) is 23.4 Å². The maximum Gasteiger partial charge on any atom is 0.229 e. The zero-order valence-electron chi connectivity index (χ0n) is 11.6. The minimum atomic E-state index is -0.426. The number of hydrogen-bond acceptors (Lipinski definition) is 4. The van der Waals surface area contributed by atoms with Crippen molar-refractivity contribution in [2.24, 2.45) is 5.73 Å². The van der Waals surface area contributed by atoms with Crippen LogP contribution in [-0.4, -0.2) is 16.2 Å². The average molecular weight is 310 g/mol. The van der Waals surface area contributed by atoms with Crippen molar-refractivity contribution in [2.75, 3.05) is 0 Å². The lowest BCUT2D eigenvalue weighted by Crippen LogP contribution is -2.26. The Morgan fingerprint density at radius 1 is 1.38 bits per heavy atom. The highest BCUT2D eigenvalue weighted by Crippen LogP contribution is 2.31. The highest BCUT2D eigenvalue weighted by molar-refractivity contribution is 6.30. The van der Waals surface area contributed by atoms with Crippen molar-refractivity contribution >= 4 is 11.6 Å². The van der Waals surface area contributed by atoms with Crippen LogP contribution in [0.3, 0.4) is 0 Å². The highest BCUT2D eigenvalue weighted by Gasteiger charge is 2.25. The topological polar surface area (TPSA) is 64.9 Å². The number of rotatable bonds is 3. The van der Waals surface area contributed by atoms with E-state index in [1.54, 1.807) is 12.1 Å². The van der Waals surface area contributed by atoms with E-state index in [9.17, 15) is 4.39 Å². The quantitative estimate of drug-likeness (QED) is 0.943. The maximum absolute atomic E-state index is 13.9. The molecule has 112 valence electrons. The van der Waals surface area contributed by atoms with Gasteiger partial charge in [0.25, 0.3) is 0 Å². The molecular formula is C15H17ClFN3O. The Balaban J connectivity index is 1.74. The van der Waals surface area contributed by atoms with Gasteiger partial charge in [-0.3, -0.25) is 0 Å². The predicted octanol–water partition coefficient (Wildman–Crippen LogP) is 3.44. The van der Waals surface area contributed by atoms with Crippen LogP contribution in [0.15, 0.2) is 22.7 Å². The first-order chi connectivity index (χ1) is 10.1. The summed E-state index contributed by atoms with van der Waals surface area (Å²) in [6.07, 6.45) is 4.28. The molecule has 3 rings (SSSR count). The largest absolute Gasteiger partial charge is 0.339 e. The van der Waals surface area contributed by atoms with Crippen molar-refractivity contribution in [3.8, 4) is 0 Å². The lowest BCUT2D eigenvalue weighted by atomic mass is 9.86. The van der Waals surface area contributed by atoms with E-state index in [4.69, 9.17) is 21.9 Å². The summed E-state index contributed by atoms with van der Waals surface area (Å²) in [4.78, 5) is 4.39. The summed E-state index contributed by atoms with van der Waals surface area (Å²) in [7, 11) is 0. The van der Waals surface area contributed by atoms with Crippen LogP contribution in [0.4, 0.5) is 4.39 Å². The van der Waals surface area contributed by atoms with Crippen molar-refractivity contribution < 1.29 is 8.91 Å². The first-order valence-corrected chi connectivity index (χ1v) is 7.52. The zero-order valence-corrected chi connectivity index (χ0v) is 12.3. The van der Waals surface area contributed by atoms with E-state index in [0.29, 0.717) is 17.3 Å². The van der Waals surface area contributed by atoms with Gasteiger partial charge in [-0.2, -0.15) is 4.98 Å². The molecule has 2 aromatic rings. The molecule has 1 aliphatic carbocycles. The van der Waals surface area contributed by atoms with E-state index in [2.05, 4.69) is 10.1 Å². The summed E-state index contributed by atoms with van der Waals surface area (Å²) in [6.45, 7) is 0. The minimum absolute atomic E-state index is 0.106. The van der Waals surface area contributed by atoms with Gasteiger partial charge in [0.2, 0.25) is 5.89 Å². The first kappa shape index (κ1) is 14.5. The molecule has 6 heteroatoms. The van der Waals surface area contributed by atoms with Crippen LogP contribution >= 0.6 is 11.6 Å². The van der Waals surface area contributed by atoms with Gasteiger partial charge < -0.3 is 10.3 Å². The molecule has 2 atom stereocenters. The van der Waals surface area contributed by atoms with Gasteiger partial charge in [-0.25, -0.2) is 4.39 Å². The molecular weight excluding hydrogens is 293 g/mol. The van der Waals surface area contributed by atoms with Gasteiger partial charge in [0.15, 0.2) is 5.82 Å². The number of aromatic nitrogens is 2. The molecule has 0 bridgehead atoms. The summed E-state index contributed by atoms with van der Waals surface area (Å²) < 4.78 is 19.2. The maximum atomic E-state index is 13.9. The van der Waals surface area contributed by atoms with E-state index >= 15 is 0 Å². The Bertz CT molecular complexity index is 631. The lowest BCUT2D eigenvalue weighted by Gasteiger charge is -2.23. The SMILES string of the molecule is NC1CCCC(c2nc(Cc3cccc(Cl)c3F)no2)C1. The van der Waals surface area contributed by atoms with Gasteiger partial charge in [0.1, 0.15) is 5.82 Å². The second kappa shape index (κ2) is 6.12. The molecule has 0 aliphatic heterocycles. The minimum Gasteiger partial charge on any atom is -0.339 e. The van der Waals surface area contributed by atoms with E-state index in [1.807, 2.05) is 0 Å². The molecule has 1 saturated carbocycles. The van der Waals surface area contributed by atoms with Gasteiger partial charge in [-0.1, -0.05) is 35.3 Å². The normalized spacial score (nSPS) is 22.4. The van der Waals surface area contributed by atoms with Gasteiger partial charge in [-0.05, 0) is 30.9 Å². The number of nitrogens with two attached hydrogens (primary N) is 1. The molecule has 1 aliphatic rings. The molecule has 4 nitrogen and oxygen atoms in total. The zero-order chi connectivity index (χ0) is 14.8. The molecule has 1 aromatic carbocycles. The average Bonchev–Trinajstić information content (AvgIpc) is 2.93. The molecule has 21 heavy (non-hydrogen) atoms. The van der Waals surface area contributed by atoms with Gasteiger partial charge in [0.05, 0.1) is 5.02 Å². The summed E-state index contributed by atoms with van der Waals surface area (Å²) in [5, 5.41) is 4.05. The third-order valence-corrected chi connectivity index (χ3v) is 4.22. The van der Waals surface area contributed by atoms with Crippen LogP contribution < -0.4 is 5.73 Å². The fraction of sp³-hybridized carbons (Fsp3) is 0.467. The molecule has 0 saturated heterocycles. The van der Waals surface area contributed by atoms with E-state index in [0.717, 1.165) is 25.7 Å². The summed E-state index contributed by atoms with van der Waals surface area (Å²) >= 11 is 5.77. The molecule has 2 unspecified atom stereocenters. The fourth-order valence-electron chi connectivity index (χ4n) is 2.81. The van der Waals surface area contributed by atoms with Crippen LogP contribution in [0.1, 0.15) is 48.9 Å². The Labute approximate surface area is 127 Å². The molecule has 1 aromatic heterocycles. The van der Waals surface area contributed by atoms with Crippen LogP contribution in [-0.2, 0) is 6.42 Å².